The Hall–Kier alpha value is -2.56. The molecule has 1 aromatic carbocycles. The van der Waals surface area contributed by atoms with E-state index in [1.54, 1.807) is 11.6 Å². The number of carbonyl (C=O) groups excluding carboxylic acids is 1. The fraction of sp³-hybridized carbons (Fsp3) is 0.500. The third-order valence-corrected chi connectivity index (χ3v) is 5.49. The molecule has 2 aromatic rings. The lowest BCUT2D eigenvalue weighted by Crippen LogP contribution is -2.23. The van der Waals surface area contributed by atoms with E-state index >= 15 is 0 Å². The Kier molecular flexibility index (Phi) is 5.99. The first-order valence-electron chi connectivity index (χ1n) is 8.65. The lowest BCUT2D eigenvalue weighted by Gasteiger charge is -2.22. The summed E-state index contributed by atoms with van der Waals surface area (Å²) in [4.78, 5) is 22.4. The van der Waals surface area contributed by atoms with Gasteiger partial charge in [0.05, 0.1) is 16.2 Å². The van der Waals surface area contributed by atoms with E-state index in [1.165, 1.54) is 24.2 Å². The molecule has 1 aromatic heterocycles. The van der Waals surface area contributed by atoms with E-state index < -0.39 is 21.7 Å². The van der Waals surface area contributed by atoms with E-state index in [2.05, 4.69) is 20.8 Å². The van der Waals surface area contributed by atoms with Crippen LogP contribution in [0.15, 0.2) is 23.4 Å². The van der Waals surface area contributed by atoms with Gasteiger partial charge >= 0.3 is 5.69 Å². The van der Waals surface area contributed by atoms with Crippen molar-refractivity contribution in [2.45, 2.75) is 55.5 Å². The van der Waals surface area contributed by atoms with E-state index in [4.69, 9.17) is 0 Å². The molecular formula is C16H19FN6O3S. The molecule has 1 amide bonds. The molecule has 1 saturated carbocycles. The first-order chi connectivity index (χ1) is 13.0. The van der Waals surface area contributed by atoms with Gasteiger partial charge in [-0.05, 0) is 42.3 Å². The Morgan fingerprint density at radius 1 is 1.41 bits per heavy atom. The van der Waals surface area contributed by atoms with E-state index in [-0.39, 0.29) is 17.6 Å². The van der Waals surface area contributed by atoms with Gasteiger partial charge in [0, 0.05) is 11.8 Å². The van der Waals surface area contributed by atoms with E-state index in [1.807, 2.05) is 0 Å². The maximum absolute atomic E-state index is 13.4. The van der Waals surface area contributed by atoms with Crippen molar-refractivity contribution < 1.29 is 14.1 Å². The Labute approximate surface area is 158 Å². The van der Waals surface area contributed by atoms with Gasteiger partial charge in [-0.3, -0.25) is 14.9 Å². The monoisotopic (exact) mass is 394 g/mol. The molecule has 1 aliphatic carbocycles. The zero-order valence-electron chi connectivity index (χ0n) is 14.7. The van der Waals surface area contributed by atoms with Crippen LogP contribution >= 0.6 is 11.8 Å². The van der Waals surface area contributed by atoms with Gasteiger partial charge in [-0.1, -0.05) is 31.0 Å². The van der Waals surface area contributed by atoms with Gasteiger partial charge in [0.2, 0.25) is 16.9 Å². The van der Waals surface area contributed by atoms with Crippen molar-refractivity contribution >= 4 is 29.0 Å². The molecule has 0 saturated heterocycles. The van der Waals surface area contributed by atoms with Crippen LogP contribution in [0.4, 0.5) is 15.8 Å². The van der Waals surface area contributed by atoms with Crippen molar-refractivity contribution in [2.24, 2.45) is 0 Å². The smallest absolute Gasteiger partial charge is 0.306 e. The average Bonchev–Trinajstić information content (AvgIpc) is 3.11. The molecule has 0 aliphatic heterocycles. The minimum absolute atomic E-state index is 0.160. The molecule has 1 aliphatic rings. The minimum atomic E-state index is -0.952. The van der Waals surface area contributed by atoms with Gasteiger partial charge < -0.3 is 5.32 Å². The summed E-state index contributed by atoms with van der Waals surface area (Å²) in [5.41, 5.74) is -0.526. The van der Waals surface area contributed by atoms with Crippen LogP contribution in [-0.2, 0) is 4.79 Å². The highest BCUT2D eigenvalue weighted by Crippen LogP contribution is 2.31. The SMILES string of the molecule is CC(Sc1nnnn1C1CCCCC1)C(=O)Nc1ccc(F)c([N+](=O)[O-])c1. The summed E-state index contributed by atoms with van der Waals surface area (Å²) in [5, 5.41) is 25.2. The molecule has 11 heteroatoms. The standard InChI is InChI=1S/C16H19FN6O3S/c1-10(15(24)18-11-7-8-13(17)14(9-11)23(25)26)27-16-19-20-21-22(16)12-5-3-2-4-6-12/h7-10,12H,2-6H2,1H3,(H,18,24). The predicted molar refractivity (Wildman–Crippen MR) is 96.9 cm³/mol. The van der Waals surface area contributed by atoms with Crippen molar-refractivity contribution in [1.82, 2.24) is 20.2 Å². The maximum atomic E-state index is 13.4. The topological polar surface area (TPSA) is 116 Å². The van der Waals surface area contributed by atoms with Crippen molar-refractivity contribution in [3.05, 3.63) is 34.1 Å². The van der Waals surface area contributed by atoms with Crippen LogP contribution in [0.2, 0.25) is 0 Å². The van der Waals surface area contributed by atoms with Crippen molar-refractivity contribution in [3.63, 3.8) is 0 Å². The summed E-state index contributed by atoms with van der Waals surface area (Å²) in [6.07, 6.45) is 5.50. The predicted octanol–water partition coefficient (Wildman–Crippen LogP) is 3.34. The molecule has 9 nitrogen and oxygen atoms in total. The van der Waals surface area contributed by atoms with E-state index in [0.29, 0.717) is 5.16 Å². The van der Waals surface area contributed by atoms with Crippen molar-refractivity contribution in [3.8, 4) is 0 Å². The molecule has 1 heterocycles. The number of benzene rings is 1. The van der Waals surface area contributed by atoms with Crippen LogP contribution in [0, 0.1) is 15.9 Å². The number of tetrazole rings is 1. The third-order valence-electron chi connectivity index (χ3n) is 4.44. The number of nitro benzene ring substituents is 1. The highest BCUT2D eigenvalue weighted by Gasteiger charge is 2.24. The normalized spacial score (nSPS) is 16.1. The Bertz CT molecular complexity index is 839. The van der Waals surface area contributed by atoms with Gasteiger partial charge in [0.1, 0.15) is 0 Å². The van der Waals surface area contributed by atoms with Gasteiger partial charge in [0.15, 0.2) is 0 Å². The molecule has 0 radical (unpaired) electrons. The van der Waals surface area contributed by atoms with Crippen LogP contribution in [0.1, 0.15) is 45.1 Å². The van der Waals surface area contributed by atoms with Crippen LogP contribution in [0.25, 0.3) is 0 Å². The van der Waals surface area contributed by atoms with Crippen molar-refractivity contribution in [1.29, 1.82) is 0 Å². The number of nitrogens with one attached hydrogen (secondary N) is 1. The second-order valence-electron chi connectivity index (χ2n) is 6.37. The largest absolute Gasteiger partial charge is 0.325 e. The van der Waals surface area contributed by atoms with Gasteiger partial charge in [-0.25, -0.2) is 4.68 Å². The van der Waals surface area contributed by atoms with Gasteiger partial charge in [-0.2, -0.15) is 4.39 Å². The summed E-state index contributed by atoms with van der Waals surface area (Å²) >= 11 is 1.22. The number of nitro groups is 1. The number of aromatic nitrogens is 4. The van der Waals surface area contributed by atoms with Gasteiger partial charge in [0.25, 0.3) is 0 Å². The first-order valence-corrected chi connectivity index (χ1v) is 9.53. The molecule has 27 heavy (non-hydrogen) atoms. The molecule has 1 atom stereocenters. The van der Waals surface area contributed by atoms with E-state index in [9.17, 15) is 19.3 Å². The molecule has 0 spiro atoms. The second kappa shape index (κ2) is 8.42. The van der Waals surface area contributed by atoms with Crippen LogP contribution < -0.4 is 5.32 Å². The fourth-order valence-corrected chi connectivity index (χ4v) is 3.86. The van der Waals surface area contributed by atoms with Crippen LogP contribution in [-0.4, -0.2) is 36.3 Å². The first kappa shape index (κ1) is 19.2. The Morgan fingerprint density at radius 3 is 2.85 bits per heavy atom. The number of rotatable bonds is 6. The highest BCUT2D eigenvalue weighted by atomic mass is 32.2. The lowest BCUT2D eigenvalue weighted by atomic mass is 9.96. The number of nitrogens with zero attached hydrogens (tertiary/aromatic N) is 5. The zero-order valence-corrected chi connectivity index (χ0v) is 15.5. The zero-order chi connectivity index (χ0) is 19.4. The highest BCUT2D eigenvalue weighted by molar-refractivity contribution is 8.00. The number of anilines is 1. The van der Waals surface area contributed by atoms with Crippen LogP contribution in [0.3, 0.4) is 0 Å². The van der Waals surface area contributed by atoms with Gasteiger partial charge in [-0.15, -0.1) is 5.10 Å². The summed E-state index contributed by atoms with van der Waals surface area (Å²) in [5.74, 6) is -1.33. The summed E-state index contributed by atoms with van der Waals surface area (Å²) in [6, 6.07) is 3.47. The molecular weight excluding hydrogens is 375 g/mol. The molecule has 1 unspecified atom stereocenters. The Morgan fingerprint density at radius 2 is 2.15 bits per heavy atom. The van der Waals surface area contributed by atoms with E-state index in [0.717, 1.165) is 37.8 Å². The minimum Gasteiger partial charge on any atom is -0.325 e. The third kappa shape index (κ3) is 4.59. The fourth-order valence-electron chi connectivity index (χ4n) is 3.00. The lowest BCUT2D eigenvalue weighted by molar-refractivity contribution is -0.387. The number of thioether (sulfide) groups is 1. The number of hydrogen-bond acceptors (Lipinski definition) is 7. The average molecular weight is 394 g/mol. The summed E-state index contributed by atoms with van der Waals surface area (Å²) in [6.45, 7) is 1.69. The van der Waals surface area contributed by atoms with Crippen molar-refractivity contribution in [2.75, 3.05) is 5.32 Å². The number of halogens is 1. The number of hydrogen-bond donors (Lipinski definition) is 1. The molecule has 3 rings (SSSR count). The molecule has 0 bridgehead atoms. The molecule has 144 valence electrons. The quantitative estimate of drug-likeness (QED) is 0.454. The second-order valence-corrected chi connectivity index (χ2v) is 7.68. The number of amides is 1. The Balaban J connectivity index is 1.66. The molecule has 1 N–H and O–H groups in total. The van der Waals surface area contributed by atoms with Crippen LogP contribution in [0.5, 0.6) is 0 Å². The molecule has 1 fully saturated rings. The number of carbonyl (C=O) groups is 1. The summed E-state index contributed by atoms with van der Waals surface area (Å²) < 4.78 is 15.2. The maximum Gasteiger partial charge on any atom is 0.306 e. The summed E-state index contributed by atoms with van der Waals surface area (Å²) in [7, 11) is 0.